The molecule has 6 aromatic rings. The Labute approximate surface area is 529 Å². The maximum Gasteiger partial charge on any atom is 0.493 e. The van der Waals surface area contributed by atoms with Gasteiger partial charge >= 0.3 is 7.12 Å². The number of anilines is 6. The Kier molecular flexibility index (Phi) is 29.2. The molecular formula is C65H92BIN12O8. The average molecular weight is 1310 g/mol. The maximum atomic E-state index is 5.93. The highest BCUT2D eigenvalue weighted by atomic mass is 127. The lowest BCUT2D eigenvalue weighted by molar-refractivity contribution is 0.00578. The number of nitrogens with two attached hydrogens (primary N) is 6. The van der Waals surface area contributed by atoms with Gasteiger partial charge in [0.15, 0.2) is 0 Å². The van der Waals surface area contributed by atoms with Gasteiger partial charge in [-0.05, 0) is 193 Å². The Morgan fingerprint density at radius 2 is 0.920 bits per heavy atom. The molecule has 0 spiro atoms. The van der Waals surface area contributed by atoms with E-state index in [1.165, 1.54) is 0 Å². The number of ether oxygens (including phenoxy) is 6. The molecule has 20 nitrogen and oxygen atoms in total. The molecule has 0 aromatic carbocycles. The monoisotopic (exact) mass is 1310 g/mol. The first-order valence-corrected chi connectivity index (χ1v) is 31.2. The molecule has 4 atom stereocenters. The van der Waals surface area contributed by atoms with Crippen LogP contribution >= 0.6 is 22.6 Å². The van der Waals surface area contributed by atoms with Crippen molar-refractivity contribution in [2.24, 2.45) is 0 Å². The number of pyridine rings is 6. The quantitative estimate of drug-likeness (QED) is 0.0469. The summed E-state index contributed by atoms with van der Waals surface area (Å²) < 4.78 is 44.5. The fraction of sp³-hybridized carbons (Fsp3) is 0.477. The molecule has 0 radical (unpaired) electrons. The summed E-state index contributed by atoms with van der Waals surface area (Å²) in [4.78, 5) is 25.2. The largest absolute Gasteiger partial charge is 0.502 e. The molecule has 12 rings (SSSR count). The van der Waals surface area contributed by atoms with Gasteiger partial charge in [-0.1, -0.05) is 43.3 Å². The van der Waals surface area contributed by atoms with Gasteiger partial charge in [0.2, 0.25) is 0 Å². The third-order valence-corrected chi connectivity index (χ3v) is 15.7. The second kappa shape index (κ2) is 36.6. The molecule has 87 heavy (non-hydrogen) atoms. The molecule has 6 aliphatic rings. The smallest absolute Gasteiger partial charge is 0.493 e. The van der Waals surface area contributed by atoms with E-state index in [2.05, 4.69) is 87.1 Å². The van der Waals surface area contributed by atoms with Gasteiger partial charge in [0, 0.05) is 79.0 Å². The molecule has 0 amide bonds. The first-order valence-electron chi connectivity index (χ1n) is 30.1. The van der Waals surface area contributed by atoms with Crippen molar-refractivity contribution in [1.82, 2.24) is 29.9 Å². The number of halogens is 1. The zero-order valence-electron chi connectivity index (χ0n) is 51.7. The molecule has 6 aliphatic heterocycles. The van der Waals surface area contributed by atoms with Crippen LogP contribution < -0.4 is 34.4 Å². The minimum absolute atomic E-state index is 0.227. The van der Waals surface area contributed by atoms with Crippen molar-refractivity contribution in [3.63, 3.8) is 0 Å². The number of allylic oxidation sites excluding steroid dienone is 2. The van der Waals surface area contributed by atoms with Crippen molar-refractivity contribution in [3.8, 4) is 0 Å². The van der Waals surface area contributed by atoms with Crippen LogP contribution in [0.25, 0.3) is 5.57 Å². The standard InChI is InChI=1S/C11H19BO3.3C10H14N2O.C10H12N2O.C9H14N2O.C5H5IN2/c1-10(2)11(3,4)15-12(14-10)9-6-5-7-13-8-9;4*11-10-5-1-4-9(12-10)8-3-2-6-13-7-8;1-7(6-12-2)8-4-3-5-9(10)11-8;6-4-2-1-3-5(7)8-4/h8H,5-7H2,1-4H3;3*1,4-5,8H,2-3,6-7H2,(H2,11,12);1,4-5,7H,2-3,6H2,(H2,11,12);3-5,7H,6H2,1-2H3,(H2,10,11);1-3H,(H2,7,8)/t;8-;;;;7-;/m.0...1./s1. The summed E-state index contributed by atoms with van der Waals surface area (Å²) in [6.45, 7) is 17.7. The van der Waals surface area contributed by atoms with E-state index in [0.717, 1.165) is 160 Å². The lowest BCUT2D eigenvalue weighted by atomic mass is 9.76. The molecule has 0 bridgehead atoms. The Balaban J connectivity index is 0.000000163. The lowest BCUT2D eigenvalue weighted by Gasteiger charge is -2.32. The number of nitrogens with zero attached hydrogens (tertiary/aromatic N) is 6. The van der Waals surface area contributed by atoms with E-state index in [-0.39, 0.29) is 18.3 Å². The number of methoxy groups -OCH3 is 1. The van der Waals surface area contributed by atoms with Gasteiger partial charge in [-0.15, -0.1) is 0 Å². The van der Waals surface area contributed by atoms with E-state index in [0.29, 0.717) is 65.2 Å². The molecule has 2 unspecified atom stereocenters. The normalized spacial score (nSPS) is 20.2. The summed E-state index contributed by atoms with van der Waals surface area (Å²) >= 11 is 2.11. The molecule has 0 saturated carbocycles. The summed E-state index contributed by atoms with van der Waals surface area (Å²) in [6, 6.07) is 34.2. The van der Waals surface area contributed by atoms with Gasteiger partial charge in [-0.25, -0.2) is 29.9 Å². The highest BCUT2D eigenvalue weighted by Crippen LogP contribution is 2.40. The number of hydrogen-bond acceptors (Lipinski definition) is 20. The fourth-order valence-corrected chi connectivity index (χ4v) is 10.1. The van der Waals surface area contributed by atoms with E-state index >= 15 is 0 Å². The van der Waals surface area contributed by atoms with Crippen LogP contribution in [0.5, 0.6) is 0 Å². The van der Waals surface area contributed by atoms with Crippen LogP contribution in [0.15, 0.2) is 127 Å². The summed E-state index contributed by atoms with van der Waals surface area (Å²) in [7, 11) is 1.46. The van der Waals surface area contributed by atoms with Crippen molar-refractivity contribution < 1.29 is 37.7 Å². The molecule has 12 heterocycles. The van der Waals surface area contributed by atoms with Crippen LogP contribution in [0, 0.1) is 3.70 Å². The van der Waals surface area contributed by atoms with Gasteiger partial charge in [-0.2, -0.15) is 0 Å². The minimum atomic E-state index is -0.254. The van der Waals surface area contributed by atoms with Gasteiger partial charge < -0.3 is 72.1 Å². The predicted molar refractivity (Wildman–Crippen MR) is 356 cm³/mol. The third-order valence-electron chi connectivity index (χ3n) is 15.1. The van der Waals surface area contributed by atoms with Crippen molar-refractivity contribution >= 4 is 70.2 Å². The Bertz CT molecular complexity index is 2860. The van der Waals surface area contributed by atoms with Crippen LogP contribution in [0.1, 0.15) is 151 Å². The molecule has 22 heteroatoms. The van der Waals surface area contributed by atoms with Crippen molar-refractivity contribution in [1.29, 1.82) is 0 Å². The Morgan fingerprint density at radius 1 is 0.506 bits per heavy atom. The highest BCUT2D eigenvalue weighted by Gasteiger charge is 2.52. The van der Waals surface area contributed by atoms with E-state index in [4.69, 9.17) is 72.1 Å². The molecule has 4 saturated heterocycles. The highest BCUT2D eigenvalue weighted by molar-refractivity contribution is 14.1. The lowest BCUT2D eigenvalue weighted by Crippen LogP contribution is -2.41. The van der Waals surface area contributed by atoms with E-state index in [1.54, 1.807) is 37.8 Å². The number of nitrogen functional groups attached to an aromatic ring is 6. The van der Waals surface area contributed by atoms with Crippen LogP contribution in [-0.4, -0.2) is 115 Å². The molecule has 6 aromatic heterocycles. The summed E-state index contributed by atoms with van der Waals surface area (Å²) in [6.07, 6.45) is 14.6. The van der Waals surface area contributed by atoms with Gasteiger partial charge in [-0.3, -0.25) is 0 Å². The summed E-state index contributed by atoms with van der Waals surface area (Å²) in [5, 5.41) is 0. The third kappa shape index (κ3) is 24.4. The van der Waals surface area contributed by atoms with E-state index in [1.807, 2.05) is 91.0 Å². The van der Waals surface area contributed by atoms with Crippen LogP contribution in [0.2, 0.25) is 0 Å². The maximum absolute atomic E-state index is 5.93. The van der Waals surface area contributed by atoms with Gasteiger partial charge in [0.1, 0.15) is 38.6 Å². The molecule has 12 N–H and O–H groups in total. The SMILES string of the molecule is CC1(C)OB(C2=COCCC2)OC1(C)C.COC[C@@H](C)c1cccc(N)n1.Nc1cccc(C2=COCCC2)n1.Nc1cccc(C2CCCOC2)n1.Nc1cccc(C2CCCOC2)n1.Nc1cccc(I)n1.Nc1cccc([C@H]2CCCOC2)n1. The molecule has 470 valence electrons. The molecular weight excluding hydrogens is 1210 g/mol. The second-order valence-corrected chi connectivity index (χ2v) is 23.9. The Hall–Kier alpha value is -6.67. The average Bonchev–Trinajstić information content (AvgIpc) is 2.25. The zero-order valence-corrected chi connectivity index (χ0v) is 53.8. The topological polar surface area (TPSA) is 307 Å². The van der Waals surface area contributed by atoms with Crippen LogP contribution in [-0.2, 0) is 37.7 Å². The second-order valence-electron chi connectivity index (χ2n) is 22.8. The van der Waals surface area contributed by atoms with Crippen molar-refractivity contribution in [2.45, 2.75) is 134 Å². The Morgan fingerprint density at radius 3 is 1.28 bits per heavy atom. The number of aromatic nitrogens is 6. The van der Waals surface area contributed by atoms with Crippen molar-refractivity contribution in [3.05, 3.63) is 159 Å². The van der Waals surface area contributed by atoms with Crippen LogP contribution in [0.4, 0.5) is 34.9 Å². The van der Waals surface area contributed by atoms with Crippen molar-refractivity contribution in [2.75, 3.05) is 101 Å². The summed E-state index contributed by atoms with van der Waals surface area (Å²) in [5.74, 6) is 5.13. The predicted octanol–water partition coefficient (Wildman–Crippen LogP) is 11.5. The van der Waals surface area contributed by atoms with Gasteiger partial charge in [0.25, 0.3) is 0 Å². The van der Waals surface area contributed by atoms with E-state index in [9.17, 15) is 0 Å². The minimum Gasteiger partial charge on any atom is -0.502 e. The summed E-state index contributed by atoms with van der Waals surface area (Å²) in [5.41, 5.74) is 40.2. The van der Waals surface area contributed by atoms with Crippen LogP contribution in [0.3, 0.4) is 0 Å². The first kappa shape index (κ1) is 69.4. The first-order chi connectivity index (χ1) is 41.9. The number of hydrogen-bond donors (Lipinski definition) is 6. The number of rotatable bonds is 8. The molecule has 0 aliphatic carbocycles. The van der Waals surface area contributed by atoms with Gasteiger partial charge in [0.05, 0.1) is 69.1 Å². The van der Waals surface area contributed by atoms with E-state index < -0.39 is 0 Å². The zero-order chi connectivity index (χ0) is 62.4. The fourth-order valence-electron chi connectivity index (χ4n) is 9.65. The molecule has 4 fully saturated rings.